The monoisotopic (exact) mass is 526 g/mol. The molecule has 4 aromatic rings. The van der Waals surface area contributed by atoms with Crippen LogP contribution in [0.1, 0.15) is 41.4 Å². The van der Waals surface area contributed by atoms with Crippen LogP contribution < -0.4 is 4.74 Å². The zero-order chi connectivity index (χ0) is 27.1. The van der Waals surface area contributed by atoms with Gasteiger partial charge in [-0.2, -0.15) is 0 Å². The Labute approximate surface area is 229 Å². The molecule has 0 saturated carbocycles. The van der Waals surface area contributed by atoms with Gasteiger partial charge >= 0.3 is 0 Å². The van der Waals surface area contributed by atoms with Crippen LogP contribution in [0, 0.1) is 6.92 Å². The summed E-state index contributed by atoms with van der Waals surface area (Å²) in [6.07, 6.45) is 0.350. The molecule has 1 N–H and O–H groups in total. The van der Waals surface area contributed by atoms with E-state index in [9.17, 15) is 5.11 Å². The molecule has 1 saturated heterocycles. The molecule has 7 heteroatoms. The van der Waals surface area contributed by atoms with Crippen molar-refractivity contribution >= 4 is 0 Å². The predicted molar refractivity (Wildman–Crippen MR) is 147 cm³/mol. The zero-order valence-corrected chi connectivity index (χ0v) is 22.3. The van der Waals surface area contributed by atoms with Crippen molar-refractivity contribution in [3.63, 3.8) is 0 Å². The van der Waals surface area contributed by atoms with E-state index in [0.29, 0.717) is 31.2 Å². The quantitative estimate of drug-likeness (QED) is 0.277. The molecule has 0 radical (unpaired) electrons. The Balaban J connectivity index is 1.40. The third-order valence-corrected chi connectivity index (χ3v) is 6.83. The average molecular weight is 527 g/mol. The molecule has 0 aliphatic carbocycles. The highest BCUT2D eigenvalue weighted by Crippen LogP contribution is 2.42. The molecular formula is C32H34N2O5. The molecule has 1 aromatic heterocycles. The smallest absolute Gasteiger partial charge is 0.241 e. The van der Waals surface area contributed by atoms with Gasteiger partial charge in [0.25, 0.3) is 0 Å². The first-order valence-corrected chi connectivity index (χ1v) is 13.3. The van der Waals surface area contributed by atoms with E-state index in [-0.39, 0.29) is 12.3 Å². The molecule has 7 nitrogen and oxygen atoms in total. The van der Waals surface area contributed by atoms with Crippen LogP contribution in [-0.2, 0) is 39.8 Å². The van der Waals surface area contributed by atoms with E-state index in [1.165, 1.54) is 6.20 Å². The van der Waals surface area contributed by atoms with Crippen molar-refractivity contribution in [2.45, 2.75) is 64.2 Å². The number of aryl methyl sites for hydroxylation is 1. The Bertz CT molecular complexity index is 1320. The minimum absolute atomic E-state index is 0.259. The molecule has 5 rings (SSSR count). The number of hydrogen-bond donors (Lipinski definition) is 1. The summed E-state index contributed by atoms with van der Waals surface area (Å²) < 4.78 is 24.9. The number of ether oxygens (including phenoxy) is 4. The number of nitrogens with zero attached hydrogens (tertiary/aromatic N) is 2. The van der Waals surface area contributed by atoms with Gasteiger partial charge in [0, 0.05) is 0 Å². The predicted octanol–water partition coefficient (Wildman–Crippen LogP) is 5.49. The SMILES string of the molecule is CC[C@H]1OC(O)(c2cnc(OCc3ccccc3)c(C)n2)[C@@H](OCc2ccccc2)C1OCc1ccccc1. The fourth-order valence-electron chi connectivity index (χ4n) is 4.74. The van der Waals surface area contributed by atoms with E-state index in [1.807, 2.05) is 97.9 Å². The van der Waals surface area contributed by atoms with Crippen LogP contribution in [-0.4, -0.2) is 33.4 Å². The maximum atomic E-state index is 12.0. The Kier molecular flexibility index (Phi) is 8.64. The van der Waals surface area contributed by atoms with E-state index in [4.69, 9.17) is 18.9 Å². The van der Waals surface area contributed by atoms with Crippen molar-refractivity contribution in [3.8, 4) is 5.88 Å². The molecule has 39 heavy (non-hydrogen) atoms. The van der Waals surface area contributed by atoms with E-state index < -0.39 is 24.1 Å². The van der Waals surface area contributed by atoms with E-state index in [0.717, 1.165) is 16.7 Å². The average Bonchev–Trinajstić information content (AvgIpc) is 3.27. The molecule has 0 amide bonds. The van der Waals surface area contributed by atoms with E-state index >= 15 is 0 Å². The maximum absolute atomic E-state index is 12.0. The van der Waals surface area contributed by atoms with Crippen molar-refractivity contribution in [2.24, 2.45) is 0 Å². The second-order valence-electron chi connectivity index (χ2n) is 9.66. The highest BCUT2D eigenvalue weighted by molar-refractivity contribution is 5.24. The fraction of sp³-hybridized carbons (Fsp3) is 0.312. The van der Waals surface area contributed by atoms with Crippen LogP contribution in [0.4, 0.5) is 0 Å². The largest absolute Gasteiger partial charge is 0.472 e. The van der Waals surface area contributed by atoms with Crippen LogP contribution in [0.15, 0.2) is 97.2 Å². The van der Waals surface area contributed by atoms with Crippen molar-refractivity contribution < 1.29 is 24.1 Å². The first-order chi connectivity index (χ1) is 19.1. The summed E-state index contributed by atoms with van der Waals surface area (Å²) in [5.41, 5.74) is 3.84. The zero-order valence-electron chi connectivity index (χ0n) is 22.3. The Morgan fingerprint density at radius 2 is 1.33 bits per heavy atom. The number of hydrogen-bond acceptors (Lipinski definition) is 7. The second kappa shape index (κ2) is 12.5. The van der Waals surface area contributed by atoms with Crippen LogP contribution in [0.25, 0.3) is 0 Å². The second-order valence-corrected chi connectivity index (χ2v) is 9.66. The van der Waals surface area contributed by atoms with Gasteiger partial charge in [-0.25, -0.2) is 9.97 Å². The van der Waals surface area contributed by atoms with Gasteiger partial charge in [0.05, 0.1) is 31.2 Å². The van der Waals surface area contributed by atoms with Crippen molar-refractivity contribution in [2.75, 3.05) is 0 Å². The Morgan fingerprint density at radius 1 is 0.795 bits per heavy atom. The molecule has 0 spiro atoms. The maximum Gasteiger partial charge on any atom is 0.241 e. The van der Waals surface area contributed by atoms with Crippen LogP contribution in [0.2, 0.25) is 0 Å². The lowest BCUT2D eigenvalue weighted by Gasteiger charge is -2.30. The van der Waals surface area contributed by atoms with Gasteiger partial charge in [-0.1, -0.05) is 97.9 Å². The topological polar surface area (TPSA) is 82.9 Å². The number of rotatable bonds is 11. The number of aromatic nitrogens is 2. The van der Waals surface area contributed by atoms with Gasteiger partial charge in [0.1, 0.15) is 24.5 Å². The van der Waals surface area contributed by atoms with Gasteiger partial charge < -0.3 is 24.1 Å². The molecule has 1 fully saturated rings. The molecular weight excluding hydrogens is 492 g/mol. The number of benzene rings is 3. The lowest BCUT2D eigenvalue weighted by molar-refractivity contribution is -0.252. The third-order valence-electron chi connectivity index (χ3n) is 6.83. The summed E-state index contributed by atoms with van der Waals surface area (Å²) in [4.78, 5) is 9.15. The highest BCUT2D eigenvalue weighted by Gasteiger charge is 2.57. The van der Waals surface area contributed by atoms with Crippen molar-refractivity contribution in [1.82, 2.24) is 9.97 Å². The lowest BCUT2D eigenvalue weighted by Crippen LogP contribution is -2.44. The van der Waals surface area contributed by atoms with Gasteiger partial charge in [-0.05, 0) is 30.0 Å². The van der Waals surface area contributed by atoms with Gasteiger partial charge in [0.2, 0.25) is 11.7 Å². The molecule has 0 bridgehead atoms. The first kappa shape index (κ1) is 27.0. The van der Waals surface area contributed by atoms with Gasteiger partial charge in [0.15, 0.2) is 0 Å². The summed E-state index contributed by atoms with van der Waals surface area (Å²) >= 11 is 0. The van der Waals surface area contributed by atoms with E-state index in [1.54, 1.807) is 6.92 Å². The normalized spacial score (nSPS) is 22.6. The summed E-state index contributed by atoms with van der Waals surface area (Å²) in [5.74, 6) is -1.46. The van der Waals surface area contributed by atoms with Crippen molar-refractivity contribution in [3.05, 3.63) is 125 Å². The summed E-state index contributed by atoms with van der Waals surface area (Å²) in [6.45, 7) is 4.82. The summed E-state index contributed by atoms with van der Waals surface area (Å²) in [7, 11) is 0. The van der Waals surface area contributed by atoms with Crippen LogP contribution >= 0.6 is 0 Å². The minimum atomic E-state index is -1.85. The highest BCUT2D eigenvalue weighted by atomic mass is 16.7. The number of aliphatic hydroxyl groups is 1. The molecule has 1 aliphatic rings. The third kappa shape index (κ3) is 6.34. The lowest BCUT2D eigenvalue weighted by atomic mass is 10.0. The Morgan fingerprint density at radius 3 is 1.87 bits per heavy atom. The molecule has 202 valence electrons. The standard InChI is InChI=1S/C32H34N2O5/c1-3-27-29(36-20-24-13-7-4-8-14-24)30(37-21-25-15-9-5-10-16-25)32(35,39-27)28-19-33-31(23(2)34-28)38-22-26-17-11-6-12-18-26/h4-19,27,29-30,35H,3,20-22H2,1-2H3/t27-,29?,30+,32?/m1/s1. The van der Waals surface area contributed by atoms with Crippen LogP contribution in [0.3, 0.4) is 0 Å². The van der Waals surface area contributed by atoms with E-state index in [2.05, 4.69) is 9.97 Å². The minimum Gasteiger partial charge on any atom is -0.472 e. The van der Waals surface area contributed by atoms with Crippen molar-refractivity contribution in [1.29, 1.82) is 0 Å². The molecule has 2 unspecified atom stereocenters. The molecule has 4 atom stereocenters. The Hall–Kier alpha value is -3.62. The van der Waals surface area contributed by atoms with Gasteiger partial charge in [-0.15, -0.1) is 0 Å². The fourth-order valence-corrected chi connectivity index (χ4v) is 4.74. The molecule has 2 heterocycles. The summed E-state index contributed by atoms with van der Waals surface area (Å²) in [5, 5.41) is 12.0. The molecule has 3 aromatic carbocycles. The molecule has 1 aliphatic heterocycles. The first-order valence-electron chi connectivity index (χ1n) is 13.3. The van der Waals surface area contributed by atoms with Gasteiger partial charge in [-0.3, -0.25) is 0 Å². The summed E-state index contributed by atoms with van der Waals surface area (Å²) in [6, 6.07) is 29.6. The van der Waals surface area contributed by atoms with Crippen LogP contribution in [0.5, 0.6) is 5.88 Å².